The number of ether oxygens (including phenoxy) is 1. The minimum absolute atomic E-state index is 0.0758. The molecule has 1 saturated heterocycles. The van der Waals surface area contributed by atoms with Gasteiger partial charge in [-0.3, -0.25) is 9.69 Å². The summed E-state index contributed by atoms with van der Waals surface area (Å²) in [7, 11) is 0. The predicted molar refractivity (Wildman–Crippen MR) is 179 cm³/mol. The number of rotatable bonds is 10. The van der Waals surface area contributed by atoms with Gasteiger partial charge in [-0.1, -0.05) is 65.4 Å². The van der Waals surface area contributed by atoms with Gasteiger partial charge in [0.15, 0.2) is 22.6 Å². The predicted octanol–water partition coefficient (Wildman–Crippen LogP) is 6.67. The van der Waals surface area contributed by atoms with Gasteiger partial charge in [-0.05, 0) is 48.6 Å². The van der Waals surface area contributed by atoms with Crippen LogP contribution in [0.4, 0.5) is 22.0 Å². The van der Waals surface area contributed by atoms with Gasteiger partial charge in [0, 0.05) is 54.3 Å². The first kappa shape index (κ1) is 34.2. The summed E-state index contributed by atoms with van der Waals surface area (Å²) in [6.07, 6.45) is -2.90. The first-order valence-corrected chi connectivity index (χ1v) is 17.4. The molecule has 0 bridgehead atoms. The molecule has 14 heteroatoms. The summed E-state index contributed by atoms with van der Waals surface area (Å²) in [4.78, 5) is 27.9. The highest BCUT2D eigenvalue weighted by atomic mass is 32.2. The van der Waals surface area contributed by atoms with Crippen molar-refractivity contribution in [1.82, 2.24) is 19.4 Å². The number of aromatic nitrogens is 2. The number of halogens is 5. The van der Waals surface area contributed by atoms with Crippen LogP contribution in [0.2, 0.25) is 0 Å². The van der Waals surface area contributed by atoms with Crippen LogP contribution < -0.4 is 5.56 Å². The van der Waals surface area contributed by atoms with Crippen LogP contribution in [-0.2, 0) is 40.9 Å². The van der Waals surface area contributed by atoms with Crippen molar-refractivity contribution in [2.45, 2.75) is 49.1 Å². The highest BCUT2D eigenvalue weighted by Gasteiger charge is 2.34. The number of oxime groups is 1. The van der Waals surface area contributed by atoms with Crippen LogP contribution in [0, 0.1) is 11.6 Å². The molecule has 1 aliphatic carbocycles. The third kappa shape index (κ3) is 7.28. The Hall–Kier alpha value is -4.27. The van der Waals surface area contributed by atoms with E-state index in [0.717, 1.165) is 54.5 Å². The molecule has 2 aliphatic heterocycles. The Balaban J connectivity index is 1.16. The molecule has 1 aromatic heterocycles. The van der Waals surface area contributed by atoms with Crippen LogP contribution >= 0.6 is 11.8 Å². The monoisotopic (exact) mass is 711 g/mol. The van der Waals surface area contributed by atoms with Crippen molar-refractivity contribution in [2.75, 3.05) is 39.4 Å². The zero-order valence-corrected chi connectivity index (χ0v) is 27.8. The van der Waals surface area contributed by atoms with Crippen LogP contribution in [0.25, 0.3) is 11.1 Å². The zero-order valence-electron chi connectivity index (χ0n) is 27.0. The second-order valence-corrected chi connectivity index (χ2v) is 13.3. The average Bonchev–Trinajstić information content (AvgIpc) is 3.78. The van der Waals surface area contributed by atoms with Gasteiger partial charge in [-0.2, -0.15) is 18.2 Å². The Morgan fingerprint density at radius 1 is 0.900 bits per heavy atom. The molecular formula is C36H34F5N5O3S. The van der Waals surface area contributed by atoms with E-state index in [-0.39, 0.29) is 23.4 Å². The van der Waals surface area contributed by atoms with E-state index >= 15 is 0 Å². The summed E-state index contributed by atoms with van der Waals surface area (Å²) in [5, 5.41) is 4.92. The lowest BCUT2D eigenvalue weighted by Crippen LogP contribution is -2.43. The van der Waals surface area contributed by atoms with Gasteiger partial charge < -0.3 is 19.0 Å². The molecule has 1 fully saturated rings. The molecular weight excluding hydrogens is 677 g/mol. The number of hydrogen-bond donors (Lipinski definition) is 0. The van der Waals surface area contributed by atoms with Crippen molar-refractivity contribution >= 4 is 17.6 Å². The Bertz CT molecular complexity index is 1930. The summed E-state index contributed by atoms with van der Waals surface area (Å²) in [5.74, 6) is -1.17. The van der Waals surface area contributed by atoms with E-state index in [9.17, 15) is 26.7 Å². The molecule has 0 amide bonds. The maximum absolute atomic E-state index is 14.5. The van der Waals surface area contributed by atoms with E-state index in [1.807, 2.05) is 28.8 Å². The molecule has 3 aromatic carbocycles. The summed E-state index contributed by atoms with van der Waals surface area (Å²) >= 11 is 1.17. The Morgan fingerprint density at radius 3 is 2.34 bits per heavy atom. The fourth-order valence-electron chi connectivity index (χ4n) is 6.53. The molecule has 3 heterocycles. The second-order valence-electron chi connectivity index (χ2n) is 12.4. The van der Waals surface area contributed by atoms with Crippen molar-refractivity contribution in [3.05, 3.63) is 117 Å². The van der Waals surface area contributed by atoms with Gasteiger partial charge in [0.1, 0.15) is 0 Å². The number of benzene rings is 3. The molecule has 262 valence electrons. The topological polar surface area (TPSA) is 72.2 Å². The quantitative estimate of drug-likeness (QED) is 0.104. The standard InChI is InChI=1S/C36H34F5N5O3S/c37-29-5-1-3-26(32(29)38)22-50-35-42-33(47)28-4-2-6-30(28)46(35)21-31-43-49-34(45(31)16-15-44-17-19-48-20-18-44)25-9-7-23(8-10-25)24-11-13-27(14-12-24)36(39,40)41/h1,3,5,7-14,34H,2,4,6,15-22H2. The smallest absolute Gasteiger partial charge is 0.379 e. The van der Waals surface area contributed by atoms with Crippen LogP contribution in [0.5, 0.6) is 0 Å². The average molecular weight is 712 g/mol. The van der Waals surface area contributed by atoms with E-state index < -0.39 is 29.6 Å². The number of nitrogens with zero attached hydrogens (tertiary/aromatic N) is 5. The number of thioether (sulfide) groups is 1. The maximum atomic E-state index is 14.5. The minimum Gasteiger partial charge on any atom is -0.379 e. The van der Waals surface area contributed by atoms with Crippen LogP contribution in [0.15, 0.2) is 81.8 Å². The fourth-order valence-corrected chi connectivity index (χ4v) is 7.52. The molecule has 1 atom stereocenters. The Kier molecular flexibility index (Phi) is 9.94. The number of fused-ring (bicyclic) bond motifs is 1. The van der Waals surface area contributed by atoms with Crippen LogP contribution in [0.3, 0.4) is 0 Å². The van der Waals surface area contributed by atoms with E-state index in [1.54, 1.807) is 0 Å². The number of morpholine rings is 1. The summed E-state index contributed by atoms with van der Waals surface area (Å²) in [6, 6.07) is 16.5. The SMILES string of the molecule is O=c1nc(SCc2cccc(F)c2F)n(CC2=NOC(c3ccc(-c4ccc(C(F)(F)F)cc4)cc3)N2CCN2CCOCC2)c2c1CCC2. The summed E-state index contributed by atoms with van der Waals surface area (Å²) in [5.41, 5.74) is 2.88. The van der Waals surface area contributed by atoms with Gasteiger partial charge in [-0.15, -0.1) is 0 Å². The van der Waals surface area contributed by atoms with Crippen LogP contribution in [0.1, 0.15) is 40.6 Å². The largest absolute Gasteiger partial charge is 0.416 e. The molecule has 0 saturated carbocycles. The van der Waals surface area contributed by atoms with Gasteiger partial charge in [0.2, 0.25) is 6.23 Å². The minimum atomic E-state index is -4.41. The molecule has 4 aromatic rings. The molecule has 50 heavy (non-hydrogen) atoms. The summed E-state index contributed by atoms with van der Waals surface area (Å²) in [6.45, 7) is 4.41. The van der Waals surface area contributed by atoms with E-state index in [0.29, 0.717) is 61.3 Å². The molecule has 7 rings (SSSR count). The lowest BCUT2D eigenvalue weighted by molar-refractivity contribution is -0.137. The maximum Gasteiger partial charge on any atom is 0.416 e. The van der Waals surface area contributed by atoms with Gasteiger partial charge >= 0.3 is 6.18 Å². The van der Waals surface area contributed by atoms with E-state index in [1.165, 1.54) is 36.0 Å². The van der Waals surface area contributed by atoms with Crippen LogP contribution in [-0.4, -0.2) is 64.6 Å². The molecule has 8 nitrogen and oxygen atoms in total. The van der Waals surface area contributed by atoms with Crippen molar-refractivity contribution in [3.8, 4) is 11.1 Å². The van der Waals surface area contributed by atoms with Crippen molar-refractivity contribution < 1.29 is 31.5 Å². The van der Waals surface area contributed by atoms with E-state index in [2.05, 4.69) is 19.9 Å². The zero-order chi connectivity index (χ0) is 34.8. The highest BCUT2D eigenvalue weighted by molar-refractivity contribution is 7.98. The van der Waals surface area contributed by atoms with Gasteiger partial charge in [0.05, 0.1) is 25.3 Å². The number of hydrogen-bond acceptors (Lipinski definition) is 8. The van der Waals surface area contributed by atoms with Gasteiger partial charge in [-0.25, -0.2) is 8.78 Å². The number of alkyl halides is 3. The lowest BCUT2D eigenvalue weighted by atomic mass is 10.0. The Labute approximate surface area is 289 Å². The third-order valence-electron chi connectivity index (χ3n) is 9.26. The fraction of sp³-hybridized carbons (Fsp3) is 0.361. The highest BCUT2D eigenvalue weighted by Crippen LogP contribution is 2.34. The summed E-state index contributed by atoms with van der Waals surface area (Å²) < 4.78 is 75.2. The van der Waals surface area contributed by atoms with Crippen molar-refractivity contribution in [1.29, 1.82) is 0 Å². The lowest BCUT2D eigenvalue weighted by Gasteiger charge is -2.31. The molecule has 3 aliphatic rings. The van der Waals surface area contributed by atoms with E-state index in [4.69, 9.17) is 9.57 Å². The number of amidine groups is 1. The molecule has 0 N–H and O–H groups in total. The molecule has 1 unspecified atom stereocenters. The Morgan fingerprint density at radius 2 is 1.62 bits per heavy atom. The third-order valence-corrected chi connectivity index (χ3v) is 10.3. The van der Waals surface area contributed by atoms with Gasteiger partial charge in [0.25, 0.3) is 5.56 Å². The second kappa shape index (κ2) is 14.5. The molecule has 0 radical (unpaired) electrons. The normalized spacial score (nSPS) is 17.9. The van der Waals surface area contributed by atoms with Crippen molar-refractivity contribution in [3.63, 3.8) is 0 Å². The molecule has 0 spiro atoms. The first-order chi connectivity index (χ1) is 24.2. The van der Waals surface area contributed by atoms with Crippen molar-refractivity contribution in [2.24, 2.45) is 5.16 Å². The first-order valence-electron chi connectivity index (χ1n) is 16.4.